The number of rotatable bonds is 6. The first-order valence-corrected chi connectivity index (χ1v) is 10.8. The Balaban J connectivity index is 1.54. The summed E-state index contributed by atoms with van der Waals surface area (Å²) in [6.07, 6.45) is 2.05. The summed E-state index contributed by atoms with van der Waals surface area (Å²) < 4.78 is 5.43. The van der Waals surface area contributed by atoms with Gasteiger partial charge in [-0.05, 0) is 25.8 Å². The first-order valence-electron chi connectivity index (χ1n) is 10.8. The lowest BCUT2D eigenvalue weighted by molar-refractivity contribution is -0.131. The number of amides is 2. The van der Waals surface area contributed by atoms with E-state index in [1.54, 1.807) is 7.11 Å². The number of primary amides is 1. The monoisotopic (exact) mass is 432 g/mol. The number of imidazole rings is 1. The number of nitrogens with one attached hydrogen (secondary N) is 1. The molecule has 3 aromatic rings. The average molecular weight is 433 g/mol. The van der Waals surface area contributed by atoms with E-state index in [-0.39, 0.29) is 18.2 Å². The molecule has 166 valence electrons. The van der Waals surface area contributed by atoms with Crippen LogP contribution in [0.5, 0.6) is 5.75 Å². The third-order valence-electron chi connectivity index (χ3n) is 5.95. The van der Waals surface area contributed by atoms with E-state index in [0.29, 0.717) is 30.3 Å². The van der Waals surface area contributed by atoms with Crippen molar-refractivity contribution in [3.05, 3.63) is 71.2 Å². The topological polar surface area (TPSA) is 101 Å². The molecule has 0 aliphatic carbocycles. The van der Waals surface area contributed by atoms with Crippen LogP contribution in [0.2, 0.25) is 0 Å². The van der Waals surface area contributed by atoms with Crippen molar-refractivity contribution in [1.29, 1.82) is 0 Å². The molecule has 0 spiro atoms. The highest BCUT2D eigenvalue weighted by Crippen LogP contribution is 2.30. The minimum absolute atomic E-state index is 0.0164. The number of hydrogen-bond donors (Lipinski definition) is 2. The van der Waals surface area contributed by atoms with Gasteiger partial charge in [-0.25, -0.2) is 4.98 Å². The van der Waals surface area contributed by atoms with Gasteiger partial charge in [0.1, 0.15) is 23.0 Å². The molecule has 1 atom stereocenters. The number of nitrogens with two attached hydrogens (primary N) is 1. The molecule has 2 heterocycles. The lowest BCUT2D eigenvalue weighted by Gasteiger charge is -2.32. The number of nitrogens with zero attached hydrogens (tertiary/aromatic N) is 2. The Kier molecular flexibility index (Phi) is 6.25. The Morgan fingerprint density at radius 1 is 1.22 bits per heavy atom. The van der Waals surface area contributed by atoms with E-state index in [0.717, 1.165) is 35.3 Å². The van der Waals surface area contributed by atoms with Gasteiger partial charge in [0.15, 0.2) is 0 Å². The highest BCUT2D eigenvalue weighted by molar-refractivity contribution is 5.97. The Morgan fingerprint density at radius 2 is 2.00 bits per heavy atom. The number of likely N-dealkylation sites (tertiary alicyclic amines) is 1. The Bertz CT molecular complexity index is 1120. The van der Waals surface area contributed by atoms with Gasteiger partial charge in [0.2, 0.25) is 5.91 Å². The third kappa shape index (κ3) is 4.51. The molecular formula is C25H28N4O3. The van der Waals surface area contributed by atoms with Crippen LogP contribution in [0.25, 0.3) is 11.3 Å². The normalized spacial score (nSPS) is 16.1. The number of H-pyrrole nitrogens is 1. The maximum Gasteiger partial charge on any atom is 0.267 e. The summed E-state index contributed by atoms with van der Waals surface area (Å²) >= 11 is 0. The maximum absolute atomic E-state index is 13.1. The molecule has 3 N–H and O–H groups in total. The average Bonchev–Trinajstić information content (AvgIpc) is 3.26. The summed E-state index contributed by atoms with van der Waals surface area (Å²) in [4.78, 5) is 34.9. The number of carbonyl (C=O) groups is 2. The van der Waals surface area contributed by atoms with Gasteiger partial charge in [-0.15, -0.1) is 0 Å². The number of hydrogen-bond acceptors (Lipinski definition) is 4. The molecule has 2 aromatic carbocycles. The van der Waals surface area contributed by atoms with Crippen LogP contribution in [0.15, 0.2) is 48.5 Å². The van der Waals surface area contributed by atoms with Crippen LogP contribution >= 0.6 is 0 Å². The van der Waals surface area contributed by atoms with Crippen molar-refractivity contribution in [2.75, 3.05) is 20.2 Å². The number of benzene rings is 2. The van der Waals surface area contributed by atoms with Crippen LogP contribution in [-0.4, -0.2) is 46.9 Å². The summed E-state index contributed by atoms with van der Waals surface area (Å²) in [6, 6.07) is 15.4. The zero-order valence-corrected chi connectivity index (χ0v) is 18.4. The Labute approximate surface area is 187 Å². The molecule has 4 rings (SSSR count). The number of ether oxygens (including phenoxy) is 1. The lowest BCUT2D eigenvalue weighted by Crippen LogP contribution is -2.40. The van der Waals surface area contributed by atoms with Gasteiger partial charge in [-0.1, -0.05) is 48.0 Å². The molecule has 0 bridgehead atoms. The predicted octanol–water partition coefficient (Wildman–Crippen LogP) is 3.44. The standard InChI is InChI=1S/C25H28N4O3/c1-16-10-11-20(32-2)19(13-16)14-21(30)29-12-6-9-18(15-29)25-27-22(23(28-25)24(26)31)17-7-4-3-5-8-17/h3-5,7-8,10-11,13,18H,6,9,12,14-15H2,1-2H3,(H2,26,31)(H,27,28). The van der Waals surface area contributed by atoms with Crippen molar-refractivity contribution < 1.29 is 14.3 Å². The number of aromatic amines is 1. The highest BCUT2D eigenvalue weighted by atomic mass is 16.5. The lowest BCUT2D eigenvalue weighted by atomic mass is 9.96. The molecule has 1 saturated heterocycles. The van der Waals surface area contributed by atoms with Gasteiger partial charge in [0.25, 0.3) is 5.91 Å². The summed E-state index contributed by atoms with van der Waals surface area (Å²) in [5.74, 6) is 0.953. The van der Waals surface area contributed by atoms with Gasteiger partial charge in [0, 0.05) is 30.1 Å². The van der Waals surface area contributed by atoms with E-state index in [9.17, 15) is 9.59 Å². The summed E-state index contributed by atoms with van der Waals surface area (Å²) in [5.41, 5.74) is 9.28. The third-order valence-corrected chi connectivity index (χ3v) is 5.95. The zero-order valence-electron chi connectivity index (χ0n) is 18.4. The summed E-state index contributed by atoms with van der Waals surface area (Å²) in [7, 11) is 1.62. The first-order chi connectivity index (χ1) is 15.5. The molecule has 0 radical (unpaired) electrons. The number of aromatic nitrogens is 2. The number of piperidine rings is 1. The first kappa shape index (κ1) is 21.6. The molecule has 7 nitrogen and oxygen atoms in total. The Morgan fingerprint density at radius 3 is 2.72 bits per heavy atom. The van der Waals surface area contributed by atoms with Gasteiger partial charge >= 0.3 is 0 Å². The van der Waals surface area contributed by atoms with Gasteiger partial charge in [-0.2, -0.15) is 0 Å². The molecule has 32 heavy (non-hydrogen) atoms. The van der Waals surface area contributed by atoms with Gasteiger partial charge < -0.3 is 20.4 Å². The second-order valence-corrected chi connectivity index (χ2v) is 8.25. The van der Waals surface area contributed by atoms with Crippen LogP contribution in [0, 0.1) is 6.92 Å². The Hall–Kier alpha value is -3.61. The van der Waals surface area contributed by atoms with E-state index >= 15 is 0 Å². The molecule has 1 fully saturated rings. The second-order valence-electron chi connectivity index (χ2n) is 8.25. The fourth-order valence-corrected chi connectivity index (χ4v) is 4.32. The van der Waals surface area contributed by atoms with Crippen LogP contribution in [-0.2, 0) is 11.2 Å². The SMILES string of the molecule is COc1ccc(C)cc1CC(=O)N1CCCC(c2nc(-c3ccccc3)c(C(N)=O)[nH]2)C1. The molecule has 1 aliphatic heterocycles. The molecule has 1 aromatic heterocycles. The summed E-state index contributed by atoms with van der Waals surface area (Å²) in [6.45, 7) is 3.26. The number of carbonyl (C=O) groups excluding carboxylic acids is 2. The van der Waals surface area contributed by atoms with E-state index in [4.69, 9.17) is 15.5 Å². The maximum atomic E-state index is 13.1. The van der Waals surface area contributed by atoms with Crippen LogP contribution in [0.4, 0.5) is 0 Å². The van der Waals surface area contributed by atoms with Gasteiger partial charge in [0.05, 0.1) is 13.5 Å². The van der Waals surface area contributed by atoms with Crippen molar-refractivity contribution in [2.45, 2.75) is 32.1 Å². The molecular weight excluding hydrogens is 404 g/mol. The zero-order chi connectivity index (χ0) is 22.7. The van der Waals surface area contributed by atoms with E-state index < -0.39 is 5.91 Å². The van der Waals surface area contributed by atoms with Crippen LogP contribution in [0.1, 0.15) is 46.2 Å². The quantitative estimate of drug-likeness (QED) is 0.623. The van der Waals surface area contributed by atoms with E-state index in [1.807, 2.05) is 60.4 Å². The van der Waals surface area contributed by atoms with Crippen molar-refractivity contribution in [3.63, 3.8) is 0 Å². The largest absolute Gasteiger partial charge is 0.496 e. The fraction of sp³-hybridized carbons (Fsp3) is 0.320. The van der Waals surface area contributed by atoms with E-state index in [2.05, 4.69) is 4.98 Å². The molecule has 0 saturated carbocycles. The van der Waals surface area contributed by atoms with Crippen molar-refractivity contribution >= 4 is 11.8 Å². The van der Waals surface area contributed by atoms with Crippen molar-refractivity contribution in [3.8, 4) is 17.0 Å². The number of aryl methyl sites for hydroxylation is 1. The predicted molar refractivity (Wildman–Crippen MR) is 123 cm³/mol. The van der Waals surface area contributed by atoms with Crippen molar-refractivity contribution in [2.24, 2.45) is 5.73 Å². The molecule has 7 heteroatoms. The van der Waals surface area contributed by atoms with Crippen LogP contribution < -0.4 is 10.5 Å². The minimum atomic E-state index is -0.544. The minimum Gasteiger partial charge on any atom is -0.496 e. The van der Waals surface area contributed by atoms with Crippen LogP contribution in [0.3, 0.4) is 0 Å². The fourth-order valence-electron chi connectivity index (χ4n) is 4.32. The molecule has 1 aliphatic rings. The smallest absolute Gasteiger partial charge is 0.267 e. The molecule has 1 unspecified atom stereocenters. The highest BCUT2D eigenvalue weighted by Gasteiger charge is 2.29. The van der Waals surface area contributed by atoms with Crippen molar-refractivity contribution in [1.82, 2.24) is 14.9 Å². The number of methoxy groups -OCH3 is 1. The summed E-state index contributed by atoms with van der Waals surface area (Å²) in [5, 5.41) is 0. The molecule has 2 amide bonds. The van der Waals surface area contributed by atoms with E-state index in [1.165, 1.54) is 0 Å². The van der Waals surface area contributed by atoms with Gasteiger partial charge in [-0.3, -0.25) is 9.59 Å². The second kappa shape index (κ2) is 9.26.